The molecule has 25 heavy (non-hydrogen) atoms. The van der Waals surface area contributed by atoms with Crippen LogP contribution in [0.4, 0.5) is 0 Å². The number of aromatic nitrogens is 2. The molecular weight excluding hydrogens is 318 g/mol. The number of H-pyrrole nitrogens is 1. The molecule has 1 amide bonds. The number of β-amino-alcohol motifs (C(OH)–C–C–N with tert-alkyl or cyclic N) is 1. The van der Waals surface area contributed by atoms with E-state index in [1.54, 1.807) is 11.2 Å². The van der Waals surface area contributed by atoms with Crippen LogP contribution in [-0.4, -0.2) is 56.8 Å². The zero-order valence-corrected chi connectivity index (χ0v) is 14.2. The molecule has 132 valence electrons. The second-order valence-corrected chi connectivity index (χ2v) is 7.23. The first kappa shape index (κ1) is 16.3. The maximum atomic E-state index is 12.7. The van der Waals surface area contributed by atoms with Crippen molar-refractivity contribution in [2.24, 2.45) is 11.3 Å². The molecule has 1 aromatic carbocycles. The monoisotopic (exact) mass is 341 g/mol. The van der Waals surface area contributed by atoms with Gasteiger partial charge in [-0.3, -0.25) is 4.79 Å². The summed E-state index contributed by atoms with van der Waals surface area (Å²) in [6.45, 7) is 2.73. The minimum Gasteiger partial charge on any atom is -0.396 e. The van der Waals surface area contributed by atoms with Crippen LogP contribution in [0, 0.1) is 18.3 Å². The van der Waals surface area contributed by atoms with Gasteiger partial charge in [-0.05, 0) is 24.3 Å². The highest BCUT2D eigenvalue weighted by molar-refractivity contribution is 5.79. The van der Waals surface area contributed by atoms with Gasteiger partial charge in [-0.15, -0.1) is 0 Å². The van der Waals surface area contributed by atoms with Crippen LogP contribution in [-0.2, 0) is 11.2 Å². The fourth-order valence-electron chi connectivity index (χ4n) is 4.58. The minimum atomic E-state index is -0.612. The van der Waals surface area contributed by atoms with Crippen LogP contribution in [0.25, 0.3) is 0 Å². The van der Waals surface area contributed by atoms with E-state index in [1.807, 2.05) is 37.3 Å². The molecule has 2 fully saturated rings. The summed E-state index contributed by atoms with van der Waals surface area (Å²) in [5.41, 5.74) is 2.34. The molecule has 2 heterocycles. The maximum Gasteiger partial charge on any atom is 0.228 e. The molecule has 4 rings (SSSR count). The number of carbonyl (C=O) groups is 1. The summed E-state index contributed by atoms with van der Waals surface area (Å²) in [6, 6.07) is 9.97. The number of benzene rings is 1. The Morgan fingerprint density at radius 3 is 2.80 bits per heavy atom. The predicted octanol–water partition coefficient (Wildman–Crippen LogP) is 0.856. The van der Waals surface area contributed by atoms with Crippen molar-refractivity contribution in [1.82, 2.24) is 14.9 Å². The summed E-state index contributed by atoms with van der Waals surface area (Å²) in [5.74, 6) is 0.0648. The van der Waals surface area contributed by atoms with E-state index in [0.717, 1.165) is 17.0 Å². The number of aryl methyl sites for hydroxylation is 1. The lowest BCUT2D eigenvalue weighted by molar-refractivity contribution is -0.130. The fraction of sp³-hybridized carbons (Fsp3) is 0.474. The molecule has 1 spiro atoms. The summed E-state index contributed by atoms with van der Waals surface area (Å²) < 4.78 is 0. The molecular formula is C19H23N3O3. The highest BCUT2D eigenvalue weighted by atomic mass is 16.3. The smallest absolute Gasteiger partial charge is 0.228 e. The summed E-state index contributed by atoms with van der Waals surface area (Å²) in [4.78, 5) is 21.6. The van der Waals surface area contributed by atoms with Gasteiger partial charge in [-0.25, -0.2) is 4.98 Å². The topological polar surface area (TPSA) is 89.5 Å². The van der Waals surface area contributed by atoms with Crippen molar-refractivity contribution in [3.8, 4) is 0 Å². The predicted molar refractivity (Wildman–Crippen MR) is 91.8 cm³/mol. The van der Waals surface area contributed by atoms with Crippen LogP contribution < -0.4 is 0 Å². The van der Waals surface area contributed by atoms with Crippen LogP contribution >= 0.6 is 0 Å². The van der Waals surface area contributed by atoms with Crippen LogP contribution in [0.3, 0.4) is 0 Å². The number of imidazole rings is 1. The van der Waals surface area contributed by atoms with Crippen LogP contribution in [0.1, 0.15) is 22.9 Å². The Morgan fingerprint density at radius 1 is 1.40 bits per heavy atom. The number of hydrogen-bond donors (Lipinski definition) is 3. The molecule has 0 bridgehead atoms. The van der Waals surface area contributed by atoms with Gasteiger partial charge in [0.15, 0.2) is 0 Å². The van der Waals surface area contributed by atoms with Crippen LogP contribution in [0.5, 0.6) is 0 Å². The van der Waals surface area contributed by atoms with Gasteiger partial charge in [-0.2, -0.15) is 0 Å². The normalized spacial score (nSPS) is 30.8. The summed E-state index contributed by atoms with van der Waals surface area (Å²) in [5, 5.41) is 20.5. The number of carbonyl (C=O) groups excluding carboxylic acids is 1. The SMILES string of the molecule is Cc1[nH]cnc1CC(=O)N1C[C@@H](O)[C@@]2(C1)[C@H](CO)[C@H]2c1ccccc1. The number of aliphatic hydroxyl groups is 2. The lowest BCUT2D eigenvalue weighted by Crippen LogP contribution is -2.31. The number of rotatable bonds is 4. The minimum absolute atomic E-state index is 0.00480. The average molecular weight is 341 g/mol. The highest BCUT2D eigenvalue weighted by Gasteiger charge is 2.71. The summed E-state index contributed by atoms with van der Waals surface area (Å²) >= 11 is 0. The average Bonchev–Trinajstić information content (AvgIpc) is 2.88. The number of hydrogen-bond acceptors (Lipinski definition) is 4. The first-order valence-electron chi connectivity index (χ1n) is 8.68. The molecule has 2 aromatic rings. The Bertz CT molecular complexity index is 775. The zero-order chi connectivity index (χ0) is 17.6. The van der Waals surface area contributed by atoms with Crippen molar-refractivity contribution in [1.29, 1.82) is 0 Å². The third-order valence-corrected chi connectivity index (χ3v) is 6.00. The number of aliphatic hydroxyl groups excluding tert-OH is 2. The second kappa shape index (κ2) is 5.97. The van der Waals surface area contributed by atoms with Crippen molar-refractivity contribution in [3.63, 3.8) is 0 Å². The van der Waals surface area contributed by atoms with E-state index in [1.165, 1.54) is 0 Å². The van der Waals surface area contributed by atoms with Crippen molar-refractivity contribution < 1.29 is 15.0 Å². The lowest BCUT2D eigenvalue weighted by Gasteiger charge is -2.16. The van der Waals surface area contributed by atoms with Gasteiger partial charge in [0.2, 0.25) is 5.91 Å². The molecule has 1 saturated heterocycles. The highest BCUT2D eigenvalue weighted by Crippen LogP contribution is 2.68. The van der Waals surface area contributed by atoms with Crippen molar-refractivity contribution >= 4 is 5.91 Å². The Morgan fingerprint density at radius 2 is 2.16 bits per heavy atom. The van der Waals surface area contributed by atoms with E-state index in [0.29, 0.717) is 13.1 Å². The van der Waals surface area contributed by atoms with E-state index >= 15 is 0 Å². The Balaban J connectivity index is 1.53. The standard InChI is InChI=1S/C19H23N3O3/c1-12-15(21-11-20-12)7-17(25)22-8-16(24)19(10-22)14(9-23)18(19)13-5-3-2-4-6-13/h2-6,11,14,16,18,23-24H,7-10H2,1H3,(H,20,21)/t14-,16-,18-,19-/m1/s1. The van der Waals surface area contributed by atoms with Gasteiger partial charge in [0.25, 0.3) is 0 Å². The lowest BCUT2D eigenvalue weighted by atomic mass is 9.95. The van der Waals surface area contributed by atoms with Gasteiger partial charge in [-0.1, -0.05) is 30.3 Å². The van der Waals surface area contributed by atoms with E-state index in [-0.39, 0.29) is 30.8 Å². The van der Waals surface area contributed by atoms with Crippen LogP contribution in [0.2, 0.25) is 0 Å². The zero-order valence-electron chi connectivity index (χ0n) is 14.2. The quantitative estimate of drug-likeness (QED) is 0.769. The van der Waals surface area contributed by atoms with Gasteiger partial charge in [0.05, 0.1) is 24.5 Å². The third-order valence-electron chi connectivity index (χ3n) is 6.00. The van der Waals surface area contributed by atoms with E-state index < -0.39 is 11.5 Å². The molecule has 6 heteroatoms. The second-order valence-electron chi connectivity index (χ2n) is 7.23. The Kier molecular flexibility index (Phi) is 3.89. The molecule has 0 unspecified atom stereocenters. The molecule has 4 atom stereocenters. The molecule has 3 N–H and O–H groups in total. The molecule has 0 radical (unpaired) electrons. The molecule has 1 aliphatic heterocycles. The van der Waals surface area contributed by atoms with E-state index in [9.17, 15) is 15.0 Å². The summed E-state index contributed by atoms with van der Waals surface area (Å²) in [6.07, 6.45) is 1.21. The van der Waals surface area contributed by atoms with Gasteiger partial charge < -0.3 is 20.1 Å². The largest absolute Gasteiger partial charge is 0.396 e. The maximum absolute atomic E-state index is 12.7. The van der Waals surface area contributed by atoms with E-state index in [4.69, 9.17) is 0 Å². The van der Waals surface area contributed by atoms with Gasteiger partial charge in [0, 0.05) is 30.8 Å². The van der Waals surface area contributed by atoms with Crippen molar-refractivity contribution in [2.75, 3.05) is 19.7 Å². The van der Waals surface area contributed by atoms with Crippen LogP contribution in [0.15, 0.2) is 36.7 Å². The van der Waals surface area contributed by atoms with Gasteiger partial charge in [0.1, 0.15) is 0 Å². The molecule has 6 nitrogen and oxygen atoms in total. The molecule has 1 saturated carbocycles. The molecule has 2 aliphatic rings. The van der Waals surface area contributed by atoms with Crippen molar-refractivity contribution in [2.45, 2.75) is 25.4 Å². The molecule has 1 aromatic heterocycles. The first-order chi connectivity index (χ1) is 12.1. The van der Waals surface area contributed by atoms with E-state index in [2.05, 4.69) is 9.97 Å². The first-order valence-corrected chi connectivity index (χ1v) is 8.68. The number of nitrogens with zero attached hydrogens (tertiary/aromatic N) is 2. The Hall–Kier alpha value is -2.18. The van der Waals surface area contributed by atoms with Crippen molar-refractivity contribution in [3.05, 3.63) is 53.6 Å². The Labute approximate surface area is 146 Å². The fourth-order valence-corrected chi connectivity index (χ4v) is 4.58. The number of aromatic amines is 1. The third kappa shape index (κ3) is 2.48. The number of nitrogens with one attached hydrogen (secondary N) is 1. The number of likely N-dealkylation sites (tertiary alicyclic amines) is 1. The van der Waals surface area contributed by atoms with Gasteiger partial charge >= 0.3 is 0 Å². The molecule has 1 aliphatic carbocycles. The summed E-state index contributed by atoms with van der Waals surface area (Å²) in [7, 11) is 0. The number of amides is 1.